The van der Waals surface area contributed by atoms with Crippen LogP contribution in [0.5, 0.6) is 0 Å². The molecule has 5 nitrogen and oxygen atoms in total. The number of rotatable bonds is 13. The molecule has 8 heteroatoms. The van der Waals surface area contributed by atoms with E-state index >= 15 is 0 Å². The van der Waals surface area contributed by atoms with E-state index < -0.39 is 39.8 Å². The molecule has 0 amide bonds. The Morgan fingerprint density at radius 3 is 1.98 bits per heavy atom. The molecule has 0 aliphatic heterocycles. The van der Waals surface area contributed by atoms with Crippen LogP contribution in [0.25, 0.3) is 11.1 Å². The molecular weight excluding hydrogens is 614 g/mol. The van der Waals surface area contributed by atoms with Gasteiger partial charge in [-0.15, -0.1) is 0 Å². The highest BCUT2D eigenvalue weighted by Gasteiger charge is 2.43. The molecule has 0 saturated heterocycles. The lowest BCUT2D eigenvalue weighted by atomic mass is 9.78. The summed E-state index contributed by atoms with van der Waals surface area (Å²) in [6, 6.07) is 28.8. The van der Waals surface area contributed by atoms with E-state index in [1.165, 1.54) is 13.2 Å². The summed E-state index contributed by atoms with van der Waals surface area (Å²) >= 11 is 0. The smallest absolute Gasteiger partial charge is 0.331 e. The van der Waals surface area contributed by atoms with E-state index in [1.54, 1.807) is 13.0 Å². The molecule has 0 aliphatic rings. The molecule has 0 spiro atoms. The van der Waals surface area contributed by atoms with Gasteiger partial charge in [0.25, 0.3) is 0 Å². The average molecular weight is 661 g/mol. The third kappa shape index (κ3) is 8.71. The van der Waals surface area contributed by atoms with Crippen LogP contribution in [-0.4, -0.2) is 45.7 Å². The third-order valence-corrected chi connectivity index (χ3v) is 13.9. The Hall–Kier alpha value is -3.35. The van der Waals surface area contributed by atoms with Crippen molar-refractivity contribution in [1.29, 1.82) is 0 Å². The maximum Gasteiger partial charge on any atom is 0.331 e. The number of hydrogen-bond acceptors (Lipinski definition) is 4. The van der Waals surface area contributed by atoms with Crippen molar-refractivity contribution < 1.29 is 27.8 Å². The van der Waals surface area contributed by atoms with Crippen LogP contribution in [0.1, 0.15) is 43.0 Å². The quantitative estimate of drug-likeness (QED) is 0.118. The number of benzene rings is 4. The standard InChI is InChI=1S/C38H46FO5PSi/c1-26-22-27(2)32(33(23-26)29-18-19-35(39)28(3)24-29)20-21-45(42,43-7)25-34(38(4,5)6)36(37(40)41)44-46(30-14-10-8-11-15-30)31-16-12-9-13-17-31/h8-19,22-24,34,36,46H,20-21,25H2,1-7H3,(H,40,41). The number of carboxylic acid groups (broad SMARTS) is 1. The van der Waals surface area contributed by atoms with Gasteiger partial charge in [-0.1, -0.05) is 105 Å². The Morgan fingerprint density at radius 2 is 1.48 bits per heavy atom. The van der Waals surface area contributed by atoms with Crippen LogP contribution in [-0.2, 0) is 24.7 Å². The molecule has 0 aromatic heterocycles. The van der Waals surface area contributed by atoms with Gasteiger partial charge in [-0.25, -0.2) is 9.18 Å². The first-order valence-electron chi connectivity index (χ1n) is 15.7. The fraction of sp³-hybridized carbons (Fsp3) is 0.342. The van der Waals surface area contributed by atoms with Crippen LogP contribution in [0.15, 0.2) is 91.0 Å². The molecule has 4 aromatic carbocycles. The molecule has 4 rings (SSSR count). The van der Waals surface area contributed by atoms with Gasteiger partial charge < -0.3 is 14.1 Å². The van der Waals surface area contributed by atoms with Crippen LogP contribution in [0.4, 0.5) is 4.39 Å². The molecule has 244 valence electrons. The van der Waals surface area contributed by atoms with Gasteiger partial charge in [0, 0.05) is 25.4 Å². The van der Waals surface area contributed by atoms with E-state index in [0.29, 0.717) is 12.0 Å². The van der Waals surface area contributed by atoms with Crippen molar-refractivity contribution in [3.05, 3.63) is 119 Å². The van der Waals surface area contributed by atoms with Gasteiger partial charge in [0.2, 0.25) is 16.4 Å². The second-order valence-electron chi connectivity index (χ2n) is 13.3. The lowest BCUT2D eigenvalue weighted by molar-refractivity contribution is -0.149. The Labute approximate surface area is 275 Å². The minimum absolute atomic E-state index is 0.0601. The Morgan fingerprint density at radius 1 is 0.891 bits per heavy atom. The first kappa shape index (κ1) is 35.5. The second kappa shape index (κ2) is 15.0. The zero-order chi connectivity index (χ0) is 33.6. The maximum absolute atomic E-state index is 14.6. The van der Waals surface area contributed by atoms with Gasteiger partial charge in [-0.2, -0.15) is 0 Å². The second-order valence-corrected chi connectivity index (χ2v) is 18.5. The van der Waals surface area contributed by atoms with Gasteiger partial charge in [0.05, 0.1) is 0 Å². The molecule has 3 unspecified atom stereocenters. The van der Waals surface area contributed by atoms with Crippen molar-refractivity contribution in [2.75, 3.05) is 19.4 Å². The van der Waals surface area contributed by atoms with Crippen molar-refractivity contribution in [2.45, 2.75) is 54.1 Å². The van der Waals surface area contributed by atoms with Crippen LogP contribution >= 0.6 is 7.37 Å². The summed E-state index contributed by atoms with van der Waals surface area (Å²) in [5.41, 5.74) is 5.04. The van der Waals surface area contributed by atoms with Crippen molar-refractivity contribution in [2.24, 2.45) is 11.3 Å². The Kier molecular flexibility index (Phi) is 11.6. The minimum Gasteiger partial charge on any atom is -0.479 e. The predicted molar refractivity (Wildman–Crippen MR) is 189 cm³/mol. The number of halogens is 1. The molecular formula is C38H46FO5PSi. The van der Waals surface area contributed by atoms with Crippen molar-refractivity contribution in [1.82, 2.24) is 0 Å². The normalized spacial score (nSPS) is 14.5. The Bertz CT molecular complexity index is 1650. The maximum atomic E-state index is 14.6. The fourth-order valence-electron chi connectivity index (χ4n) is 6.14. The minimum atomic E-state index is -3.35. The third-order valence-electron chi connectivity index (χ3n) is 8.80. The zero-order valence-electron chi connectivity index (χ0n) is 27.9. The lowest BCUT2D eigenvalue weighted by Crippen LogP contribution is -2.52. The summed E-state index contributed by atoms with van der Waals surface area (Å²) in [5, 5.41) is 12.6. The van der Waals surface area contributed by atoms with Crippen molar-refractivity contribution in [3.8, 4) is 11.1 Å². The highest BCUT2D eigenvalue weighted by Crippen LogP contribution is 2.52. The highest BCUT2D eigenvalue weighted by molar-refractivity contribution is 7.59. The summed E-state index contributed by atoms with van der Waals surface area (Å²) < 4.78 is 41.2. The monoisotopic (exact) mass is 660 g/mol. The largest absolute Gasteiger partial charge is 0.479 e. The molecule has 0 saturated carbocycles. The van der Waals surface area contributed by atoms with E-state index in [-0.39, 0.29) is 18.1 Å². The molecule has 0 bridgehead atoms. The van der Waals surface area contributed by atoms with E-state index in [0.717, 1.165) is 38.2 Å². The number of carboxylic acids is 1. The van der Waals surface area contributed by atoms with Crippen molar-refractivity contribution in [3.63, 3.8) is 0 Å². The molecule has 0 radical (unpaired) electrons. The summed E-state index contributed by atoms with van der Waals surface area (Å²) in [4.78, 5) is 13.0. The van der Waals surface area contributed by atoms with E-state index in [4.69, 9.17) is 8.95 Å². The molecule has 3 atom stereocenters. The van der Waals surface area contributed by atoms with Crippen LogP contribution in [0.2, 0.25) is 0 Å². The van der Waals surface area contributed by atoms with Gasteiger partial charge in [-0.3, -0.25) is 4.57 Å². The predicted octanol–water partition coefficient (Wildman–Crippen LogP) is 7.56. The highest BCUT2D eigenvalue weighted by atomic mass is 31.2. The van der Waals surface area contributed by atoms with Gasteiger partial charge in [-0.05, 0) is 82.9 Å². The van der Waals surface area contributed by atoms with Gasteiger partial charge in [0.1, 0.15) is 11.9 Å². The topological polar surface area (TPSA) is 72.8 Å². The van der Waals surface area contributed by atoms with Crippen molar-refractivity contribution >= 4 is 32.8 Å². The number of aliphatic carboxylic acids is 1. The molecule has 1 N–H and O–H groups in total. The number of carbonyl (C=O) groups is 1. The first-order valence-corrected chi connectivity index (χ1v) is 19.3. The number of hydrogen-bond donors (Lipinski definition) is 1. The molecule has 4 aromatic rings. The van der Waals surface area contributed by atoms with Crippen LogP contribution in [0, 0.1) is 37.9 Å². The van der Waals surface area contributed by atoms with Gasteiger partial charge in [0.15, 0.2) is 0 Å². The lowest BCUT2D eigenvalue weighted by Gasteiger charge is -2.38. The molecule has 0 aliphatic carbocycles. The van der Waals surface area contributed by atoms with Gasteiger partial charge >= 0.3 is 5.97 Å². The Balaban J connectivity index is 1.67. The van der Waals surface area contributed by atoms with E-state index in [9.17, 15) is 18.9 Å². The summed E-state index contributed by atoms with van der Waals surface area (Å²) in [6.45, 7) is 11.7. The van der Waals surface area contributed by atoms with Crippen LogP contribution < -0.4 is 10.4 Å². The summed E-state index contributed by atoms with van der Waals surface area (Å²) in [5.74, 6) is -1.93. The number of aryl methyl sites for hydroxylation is 3. The zero-order valence-corrected chi connectivity index (χ0v) is 30.0. The first-order chi connectivity index (χ1) is 21.7. The summed E-state index contributed by atoms with van der Waals surface area (Å²) in [6.07, 6.45) is -0.439. The molecule has 0 heterocycles. The fourth-order valence-corrected chi connectivity index (χ4v) is 11.0. The molecule has 46 heavy (non-hydrogen) atoms. The van der Waals surface area contributed by atoms with Crippen LogP contribution in [0.3, 0.4) is 0 Å². The SMILES string of the molecule is COP(=O)(CCc1c(C)cc(C)cc1-c1ccc(F)c(C)c1)CC(C(O[SiH](c1ccccc1)c1ccccc1)C(=O)O)C(C)(C)C. The average Bonchev–Trinajstić information content (AvgIpc) is 3.01. The van der Waals surface area contributed by atoms with E-state index in [2.05, 4.69) is 12.1 Å². The molecule has 0 fully saturated rings. The summed E-state index contributed by atoms with van der Waals surface area (Å²) in [7, 11) is -4.33. The van der Waals surface area contributed by atoms with E-state index in [1.807, 2.05) is 101 Å².